The minimum atomic E-state index is 0. The summed E-state index contributed by atoms with van der Waals surface area (Å²) in [4.78, 5) is 4.95. The number of aliphatic hydroxyl groups is 1. The molecular formula is C23H36IN3O3. The first-order valence-electron chi connectivity index (χ1n) is 11.2. The van der Waals surface area contributed by atoms with Gasteiger partial charge in [-0.05, 0) is 62.1 Å². The van der Waals surface area contributed by atoms with Gasteiger partial charge in [0.2, 0.25) is 6.79 Å². The van der Waals surface area contributed by atoms with Crippen LogP contribution in [0.2, 0.25) is 0 Å². The molecule has 2 saturated carbocycles. The van der Waals surface area contributed by atoms with Gasteiger partial charge >= 0.3 is 0 Å². The summed E-state index contributed by atoms with van der Waals surface area (Å²) in [7, 11) is 0. The number of ether oxygens (including phenoxy) is 2. The second-order valence-electron chi connectivity index (χ2n) is 8.93. The van der Waals surface area contributed by atoms with Crippen LogP contribution >= 0.6 is 24.0 Å². The van der Waals surface area contributed by atoms with E-state index in [1.54, 1.807) is 0 Å². The number of nitrogens with one attached hydrogen (secondary N) is 2. The highest BCUT2D eigenvalue weighted by atomic mass is 127. The maximum atomic E-state index is 9.56. The zero-order chi connectivity index (χ0) is 20.2. The first-order chi connectivity index (χ1) is 14.2. The maximum Gasteiger partial charge on any atom is 0.231 e. The van der Waals surface area contributed by atoms with Gasteiger partial charge < -0.3 is 25.2 Å². The van der Waals surface area contributed by atoms with Crippen molar-refractivity contribution in [3.8, 4) is 11.5 Å². The van der Waals surface area contributed by atoms with Gasteiger partial charge in [-0.3, -0.25) is 4.99 Å². The Kier molecular flexibility index (Phi) is 8.12. The van der Waals surface area contributed by atoms with Crippen LogP contribution in [0.25, 0.3) is 0 Å². The number of guanidine groups is 1. The van der Waals surface area contributed by atoms with E-state index in [0.29, 0.717) is 6.79 Å². The average Bonchev–Trinajstić information content (AvgIpc) is 3.39. The monoisotopic (exact) mass is 529 g/mol. The summed E-state index contributed by atoms with van der Waals surface area (Å²) in [5.41, 5.74) is 1.64. The van der Waals surface area contributed by atoms with Crippen molar-refractivity contribution in [3.05, 3.63) is 23.8 Å². The Bertz CT molecular complexity index is 725. The summed E-state index contributed by atoms with van der Waals surface area (Å²) < 4.78 is 11.0. The first-order valence-corrected chi connectivity index (χ1v) is 11.2. The average molecular weight is 529 g/mol. The Morgan fingerprint density at radius 1 is 1.07 bits per heavy atom. The molecule has 2 fully saturated rings. The largest absolute Gasteiger partial charge is 0.454 e. The van der Waals surface area contributed by atoms with E-state index in [-0.39, 0.29) is 41.4 Å². The normalized spacial score (nSPS) is 20.9. The Balaban J connectivity index is 0.00000256. The van der Waals surface area contributed by atoms with Gasteiger partial charge in [0, 0.05) is 31.7 Å². The molecule has 1 aromatic rings. The standard InChI is InChI=1S/C23H35N3O3.HI/c1-2-24-21(25-15-22(12-13-27)8-4-3-5-9-22)26-16-23(10-11-23)18-6-7-19-20(14-18)29-17-28-19;/h6-7,14,27H,2-5,8-13,15-17H2,1H3,(H2,24,25,26);1H. The lowest BCUT2D eigenvalue weighted by Crippen LogP contribution is -2.42. The van der Waals surface area contributed by atoms with Crippen LogP contribution in [-0.2, 0) is 5.41 Å². The summed E-state index contributed by atoms with van der Waals surface area (Å²) in [6.45, 7) is 5.18. The molecule has 0 unspecified atom stereocenters. The zero-order valence-electron chi connectivity index (χ0n) is 18.0. The number of hydrogen-bond acceptors (Lipinski definition) is 4. The molecule has 1 aromatic carbocycles. The predicted molar refractivity (Wildman–Crippen MR) is 130 cm³/mol. The SMILES string of the molecule is CCNC(=NCC1(CCO)CCCCC1)NCC1(c2ccc3c(c2)OCO3)CC1.I. The fourth-order valence-corrected chi connectivity index (χ4v) is 4.81. The minimum absolute atomic E-state index is 0. The van der Waals surface area contributed by atoms with Crippen LogP contribution in [-0.4, -0.2) is 44.1 Å². The molecule has 0 saturated heterocycles. The molecule has 0 spiro atoms. The Hall–Kier alpha value is -1.22. The van der Waals surface area contributed by atoms with Crippen LogP contribution in [0.1, 0.15) is 63.9 Å². The van der Waals surface area contributed by atoms with Crippen molar-refractivity contribution in [1.82, 2.24) is 10.6 Å². The second-order valence-corrected chi connectivity index (χ2v) is 8.93. The van der Waals surface area contributed by atoms with E-state index in [1.807, 2.05) is 6.07 Å². The molecule has 30 heavy (non-hydrogen) atoms. The quantitative estimate of drug-likeness (QED) is 0.270. The maximum absolute atomic E-state index is 9.56. The van der Waals surface area contributed by atoms with E-state index < -0.39 is 0 Å². The van der Waals surface area contributed by atoms with Crippen molar-refractivity contribution in [1.29, 1.82) is 0 Å². The highest BCUT2D eigenvalue weighted by molar-refractivity contribution is 14.0. The van der Waals surface area contributed by atoms with Crippen molar-refractivity contribution in [2.45, 2.75) is 63.7 Å². The van der Waals surface area contributed by atoms with Gasteiger partial charge in [-0.15, -0.1) is 24.0 Å². The number of halogens is 1. The number of aliphatic imine (C=N–C) groups is 1. The molecule has 0 radical (unpaired) electrons. The van der Waals surface area contributed by atoms with Gasteiger partial charge in [-0.2, -0.15) is 0 Å². The zero-order valence-corrected chi connectivity index (χ0v) is 20.4. The van der Waals surface area contributed by atoms with Crippen LogP contribution in [0.4, 0.5) is 0 Å². The molecule has 7 heteroatoms. The van der Waals surface area contributed by atoms with Crippen LogP contribution in [0, 0.1) is 5.41 Å². The molecule has 0 atom stereocenters. The number of nitrogens with zero attached hydrogens (tertiary/aromatic N) is 1. The Morgan fingerprint density at radius 3 is 2.53 bits per heavy atom. The van der Waals surface area contributed by atoms with E-state index in [0.717, 1.165) is 43.5 Å². The van der Waals surface area contributed by atoms with Crippen LogP contribution < -0.4 is 20.1 Å². The smallest absolute Gasteiger partial charge is 0.231 e. The molecule has 1 heterocycles. The molecule has 6 nitrogen and oxygen atoms in total. The number of rotatable bonds is 8. The Morgan fingerprint density at radius 2 is 1.83 bits per heavy atom. The van der Waals surface area contributed by atoms with Gasteiger partial charge in [-0.25, -0.2) is 0 Å². The number of benzene rings is 1. The predicted octanol–water partition coefficient (Wildman–Crippen LogP) is 3.95. The van der Waals surface area contributed by atoms with Gasteiger partial charge in [0.1, 0.15) is 0 Å². The van der Waals surface area contributed by atoms with Gasteiger partial charge in [0.25, 0.3) is 0 Å². The molecule has 0 amide bonds. The summed E-state index contributed by atoms with van der Waals surface area (Å²) in [6, 6.07) is 6.34. The van der Waals surface area contributed by atoms with Crippen molar-refractivity contribution in [2.24, 2.45) is 10.4 Å². The van der Waals surface area contributed by atoms with Crippen LogP contribution in [0.5, 0.6) is 11.5 Å². The molecule has 0 aromatic heterocycles. The lowest BCUT2D eigenvalue weighted by atomic mass is 9.72. The third-order valence-electron chi connectivity index (χ3n) is 6.91. The Labute approximate surface area is 197 Å². The molecule has 168 valence electrons. The summed E-state index contributed by atoms with van der Waals surface area (Å²) in [5.74, 6) is 2.59. The fraction of sp³-hybridized carbons (Fsp3) is 0.696. The van der Waals surface area contributed by atoms with E-state index >= 15 is 0 Å². The lowest BCUT2D eigenvalue weighted by Gasteiger charge is -2.35. The third kappa shape index (κ3) is 5.33. The number of aliphatic hydroxyl groups excluding tert-OH is 1. The van der Waals surface area contributed by atoms with Crippen molar-refractivity contribution >= 4 is 29.9 Å². The van der Waals surface area contributed by atoms with Gasteiger partial charge in [0.05, 0.1) is 0 Å². The lowest BCUT2D eigenvalue weighted by molar-refractivity contribution is 0.137. The molecule has 2 aliphatic carbocycles. The van der Waals surface area contributed by atoms with E-state index in [2.05, 4.69) is 29.7 Å². The molecular weight excluding hydrogens is 493 g/mol. The van der Waals surface area contributed by atoms with Crippen molar-refractivity contribution < 1.29 is 14.6 Å². The summed E-state index contributed by atoms with van der Waals surface area (Å²) in [6.07, 6.45) is 9.39. The number of hydrogen-bond donors (Lipinski definition) is 3. The van der Waals surface area contributed by atoms with Crippen molar-refractivity contribution in [2.75, 3.05) is 33.0 Å². The highest BCUT2D eigenvalue weighted by Crippen LogP contribution is 2.50. The van der Waals surface area contributed by atoms with Gasteiger partial charge in [-0.1, -0.05) is 25.3 Å². The molecule has 1 aliphatic heterocycles. The molecule has 0 bridgehead atoms. The minimum Gasteiger partial charge on any atom is -0.454 e. The van der Waals surface area contributed by atoms with Gasteiger partial charge in [0.15, 0.2) is 17.5 Å². The topological polar surface area (TPSA) is 75.1 Å². The summed E-state index contributed by atoms with van der Waals surface area (Å²) >= 11 is 0. The summed E-state index contributed by atoms with van der Waals surface area (Å²) in [5, 5.41) is 16.6. The van der Waals surface area contributed by atoms with E-state index in [4.69, 9.17) is 14.5 Å². The van der Waals surface area contributed by atoms with Crippen LogP contribution in [0.15, 0.2) is 23.2 Å². The van der Waals surface area contributed by atoms with E-state index in [1.165, 1.54) is 50.5 Å². The molecule has 4 rings (SSSR count). The first kappa shape index (κ1) is 23.4. The van der Waals surface area contributed by atoms with Crippen LogP contribution in [0.3, 0.4) is 0 Å². The van der Waals surface area contributed by atoms with E-state index in [9.17, 15) is 5.11 Å². The third-order valence-corrected chi connectivity index (χ3v) is 6.91. The highest BCUT2D eigenvalue weighted by Gasteiger charge is 2.45. The second kappa shape index (κ2) is 10.4. The molecule has 3 N–H and O–H groups in total. The fourth-order valence-electron chi connectivity index (χ4n) is 4.81. The van der Waals surface area contributed by atoms with Crippen molar-refractivity contribution in [3.63, 3.8) is 0 Å². The molecule has 3 aliphatic rings. The number of fused-ring (bicyclic) bond motifs is 1.